The van der Waals surface area contributed by atoms with Crippen LogP contribution in [0.4, 0.5) is 29.3 Å². The molecule has 0 spiro atoms. The van der Waals surface area contributed by atoms with Crippen LogP contribution in [-0.4, -0.2) is 6.03 Å². The van der Waals surface area contributed by atoms with E-state index in [1.807, 2.05) is 6.92 Å². The zero-order valence-corrected chi connectivity index (χ0v) is 13.3. The minimum atomic E-state index is -4.61. The summed E-state index contributed by atoms with van der Waals surface area (Å²) in [5.74, 6) is 0. The fourth-order valence-corrected chi connectivity index (χ4v) is 2.33. The predicted molar refractivity (Wildman–Crippen MR) is 85.3 cm³/mol. The van der Waals surface area contributed by atoms with Crippen LogP contribution in [0.2, 0.25) is 10.0 Å². The molecule has 0 aliphatic heterocycles. The maximum Gasteiger partial charge on any atom is 0.417 e. The van der Waals surface area contributed by atoms with Gasteiger partial charge in [-0.25, -0.2) is 4.79 Å². The lowest BCUT2D eigenvalue weighted by atomic mass is 10.2. The van der Waals surface area contributed by atoms with Gasteiger partial charge in [0.1, 0.15) is 0 Å². The molecule has 3 nitrogen and oxygen atoms in total. The minimum Gasteiger partial charge on any atom is -0.308 e. The molecule has 0 bridgehead atoms. The van der Waals surface area contributed by atoms with E-state index < -0.39 is 22.8 Å². The van der Waals surface area contributed by atoms with Gasteiger partial charge in [-0.3, -0.25) is 0 Å². The molecule has 0 heterocycles. The lowest BCUT2D eigenvalue weighted by molar-refractivity contribution is -0.137. The highest BCUT2D eigenvalue weighted by atomic mass is 35.5. The van der Waals surface area contributed by atoms with Gasteiger partial charge in [0.15, 0.2) is 0 Å². The maximum absolute atomic E-state index is 12.8. The molecule has 122 valence electrons. The number of urea groups is 1. The lowest BCUT2D eigenvalue weighted by Crippen LogP contribution is -2.20. The molecular formula is C15H11Cl2F3N2O. The van der Waals surface area contributed by atoms with Gasteiger partial charge < -0.3 is 10.6 Å². The van der Waals surface area contributed by atoms with E-state index in [4.69, 9.17) is 23.2 Å². The van der Waals surface area contributed by atoms with Crippen LogP contribution in [0.1, 0.15) is 11.1 Å². The molecule has 0 radical (unpaired) electrons. The number of amides is 2. The molecule has 0 atom stereocenters. The van der Waals surface area contributed by atoms with Crippen LogP contribution in [0, 0.1) is 6.92 Å². The van der Waals surface area contributed by atoms with E-state index >= 15 is 0 Å². The van der Waals surface area contributed by atoms with Crippen molar-refractivity contribution in [3.8, 4) is 0 Å². The Morgan fingerprint density at radius 1 is 1.00 bits per heavy atom. The summed E-state index contributed by atoms with van der Waals surface area (Å²) < 4.78 is 38.3. The molecule has 0 saturated carbocycles. The largest absolute Gasteiger partial charge is 0.417 e. The number of carbonyl (C=O) groups is 1. The summed E-state index contributed by atoms with van der Waals surface area (Å²) in [6.07, 6.45) is -4.61. The summed E-state index contributed by atoms with van der Waals surface area (Å²) in [4.78, 5) is 11.9. The first-order valence-corrected chi connectivity index (χ1v) is 7.13. The molecule has 0 aliphatic rings. The molecule has 2 amide bonds. The second-order valence-corrected chi connectivity index (χ2v) is 5.57. The molecule has 2 rings (SSSR count). The SMILES string of the molecule is Cc1ccc(NC(=O)Nc2ccc(Cl)c(C(F)(F)F)c2)c(Cl)c1. The number of anilines is 2. The van der Waals surface area contributed by atoms with E-state index in [0.29, 0.717) is 10.7 Å². The van der Waals surface area contributed by atoms with Gasteiger partial charge in [-0.15, -0.1) is 0 Å². The van der Waals surface area contributed by atoms with Crippen molar-refractivity contribution in [2.24, 2.45) is 0 Å². The molecule has 2 N–H and O–H groups in total. The Kier molecular flexibility index (Phi) is 5.06. The molecule has 0 aliphatic carbocycles. The Bertz CT molecular complexity index is 748. The lowest BCUT2D eigenvalue weighted by Gasteiger charge is -2.13. The number of nitrogens with one attached hydrogen (secondary N) is 2. The van der Waals surface area contributed by atoms with Crippen LogP contribution in [0.15, 0.2) is 36.4 Å². The predicted octanol–water partition coefficient (Wildman–Crippen LogP) is 5.96. The van der Waals surface area contributed by atoms with Gasteiger partial charge in [-0.2, -0.15) is 13.2 Å². The van der Waals surface area contributed by atoms with Crippen LogP contribution in [0.5, 0.6) is 0 Å². The van der Waals surface area contributed by atoms with Crippen molar-refractivity contribution in [2.45, 2.75) is 13.1 Å². The molecule has 8 heteroatoms. The first kappa shape index (κ1) is 17.4. The topological polar surface area (TPSA) is 41.1 Å². The third-order valence-corrected chi connectivity index (χ3v) is 3.54. The second kappa shape index (κ2) is 6.68. The highest BCUT2D eigenvalue weighted by Gasteiger charge is 2.33. The van der Waals surface area contributed by atoms with E-state index in [1.54, 1.807) is 18.2 Å². The monoisotopic (exact) mass is 362 g/mol. The smallest absolute Gasteiger partial charge is 0.308 e. The van der Waals surface area contributed by atoms with E-state index in [2.05, 4.69) is 10.6 Å². The Morgan fingerprint density at radius 3 is 2.30 bits per heavy atom. The number of halogens is 5. The quantitative estimate of drug-likeness (QED) is 0.679. The first-order chi connectivity index (χ1) is 10.7. The Morgan fingerprint density at radius 2 is 1.70 bits per heavy atom. The maximum atomic E-state index is 12.8. The number of hydrogen-bond acceptors (Lipinski definition) is 1. The van der Waals surface area contributed by atoms with E-state index in [1.165, 1.54) is 6.07 Å². The summed E-state index contributed by atoms with van der Waals surface area (Å²) >= 11 is 11.5. The normalized spacial score (nSPS) is 11.2. The molecule has 0 fully saturated rings. The van der Waals surface area contributed by atoms with Crippen LogP contribution in [0.25, 0.3) is 0 Å². The first-order valence-electron chi connectivity index (χ1n) is 6.38. The standard InChI is InChI=1S/C15H11Cl2F3N2O/c1-8-2-5-13(12(17)6-8)22-14(23)21-9-3-4-11(16)10(7-9)15(18,19)20/h2-7H,1H3,(H2,21,22,23). The Labute approximate surface area is 140 Å². The second-order valence-electron chi connectivity index (χ2n) is 4.75. The molecule has 0 unspecified atom stereocenters. The zero-order chi connectivity index (χ0) is 17.2. The Balaban J connectivity index is 2.14. The van der Waals surface area contributed by atoms with Crippen LogP contribution in [-0.2, 0) is 6.18 Å². The van der Waals surface area contributed by atoms with Crippen molar-refractivity contribution in [2.75, 3.05) is 10.6 Å². The average Bonchev–Trinajstić information content (AvgIpc) is 2.43. The van der Waals surface area contributed by atoms with Gasteiger partial charge in [0, 0.05) is 5.69 Å². The van der Waals surface area contributed by atoms with Gasteiger partial charge in [-0.05, 0) is 42.8 Å². The molecule has 0 saturated heterocycles. The van der Waals surface area contributed by atoms with Gasteiger partial charge in [0.2, 0.25) is 0 Å². The summed E-state index contributed by atoms with van der Waals surface area (Å²) in [6, 6.07) is 7.38. The van der Waals surface area contributed by atoms with Gasteiger partial charge in [-0.1, -0.05) is 29.3 Å². The van der Waals surface area contributed by atoms with Crippen LogP contribution < -0.4 is 10.6 Å². The van der Waals surface area contributed by atoms with Crippen molar-refractivity contribution in [3.05, 3.63) is 57.6 Å². The highest BCUT2D eigenvalue weighted by molar-refractivity contribution is 6.34. The van der Waals surface area contributed by atoms with Crippen molar-refractivity contribution in [1.82, 2.24) is 0 Å². The summed E-state index contributed by atoms with van der Waals surface area (Å²) in [5, 5.41) is 4.65. The van der Waals surface area contributed by atoms with Crippen molar-refractivity contribution in [1.29, 1.82) is 0 Å². The summed E-state index contributed by atoms with van der Waals surface area (Å²) in [7, 11) is 0. The summed E-state index contributed by atoms with van der Waals surface area (Å²) in [5.41, 5.74) is 0.195. The average molecular weight is 363 g/mol. The zero-order valence-electron chi connectivity index (χ0n) is 11.8. The van der Waals surface area contributed by atoms with E-state index in [0.717, 1.165) is 17.7 Å². The van der Waals surface area contributed by atoms with E-state index in [-0.39, 0.29) is 5.69 Å². The third-order valence-electron chi connectivity index (χ3n) is 2.90. The van der Waals surface area contributed by atoms with E-state index in [9.17, 15) is 18.0 Å². The van der Waals surface area contributed by atoms with Gasteiger partial charge >= 0.3 is 12.2 Å². The molecule has 0 aromatic heterocycles. The number of rotatable bonds is 2. The molecule has 2 aromatic carbocycles. The van der Waals surface area contributed by atoms with Gasteiger partial charge in [0.25, 0.3) is 0 Å². The molecule has 23 heavy (non-hydrogen) atoms. The molecule has 2 aromatic rings. The number of carbonyl (C=O) groups excluding carboxylic acids is 1. The van der Waals surface area contributed by atoms with Crippen LogP contribution >= 0.6 is 23.2 Å². The number of benzene rings is 2. The van der Waals surface area contributed by atoms with Crippen LogP contribution in [0.3, 0.4) is 0 Å². The number of aryl methyl sites for hydroxylation is 1. The van der Waals surface area contributed by atoms with Crippen molar-refractivity contribution >= 4 is 40.6 Å². The number of hydrogen-bond donors (Lipinski definition) is 2. The Hall–Kier alpha value is -1.92. The third kappa shape index (κ3) is 4.53. The van der Waals surface area contributed by atoms with Crippen molar-refractivity contribution in [3.63, 3.8) is 0 Å². The highest BCUT2D eigenvalue weighted by Crippen LogP contribution is 2.36. The molecular weight excluding hydrogens is 352 g/mol. The fraction of sp³-hybridized carbons (Fsp3) is 0.133. The number of alkyl halides is 3. The fourth-order valence-electron chi connectivity index (χ4n) is 1.83. The summed E-state index contributed by atoms with van der Waals surface area (Å²) in [6.45, 7) is 1.84. The van der Waals surface area contributed by atoms with Crippen molar-refractivity contribution < 1.29 is 18.0 Å². The van der Waals surface area contributed by atoms with Gasteiger partial charge in [0.05, 0.1) is 21.3 Å². The minimum absolute atomic E-state index is 0.0394.